The molecular weight excluding hydrogens is 465 g/mol. The zero-order valence-corrected chi connectivity index (χ0v) is 18.8. The number of aromatic nitrogens is 4. The molecule has 5 rings (SSSR count). The van der Waals surface area contributed by atoms with Crippen molar-refractivity contribution >= 4 is 23.1 Å². The fourth-order valence-electron chi connectivity index (χ4n) is 4.75. The van der Waals surface area contributed by atoms with Crippen molar-refractivity contribution in [3.05, 3.63) is 35.8 Å². The van der Waals surface area contributed by atoms with E-state index in [1.54, 1.807) is 6.07 Å². The number of amides is 1. The van der Waals surface area contributed by atoms with Crippen LogP contribution in [0.3, 0.4) is 0 Å². The lowest BCUT2D eigenvalue weighted by Gasteiger charge is -2.31. The molecule has 0 saturated carbocycles. The fraction of sp³-hybridized carbons (Fsp3) is 0.478. The highest BCUT2D eigenvalue weighted by Crippen LogP contribution is 2.39. The molecule has 3 N–H and O–H groups in total. The zero-order valence-electron chi connectivity index (χ0n) is 18.8. The summed E-state index contributed by atoms with van der Waals surface area (Å²) >= 11 is 0. The highest BCUT2D eigenvalue weighted by Gasteiger charge is 2.36. The van der Waals surface area contributed by atoms with Gasteiger partial charge in [0.2, 0.25) is 5.95 Å². The monoisotopic (exact) mass is 490 g/mol. The SMILES string of the molecule is O=C(O)N1CCCC(Nc2ncc(C(F)(F)F)c(-c3c[nH]c4nc(C5CCOCC5)ccc34)n2)C1. The van der Waals surface area contributed by atoms with E-state index in [0.29, 0.717) is 43.6 Å². The van der Waals surface area contributed by atoms with Crippen molar-refractivity contribution in [3.63, 3.8) is 0 Å². The van der Waals surface area contributed by atoms with Gasteiger partial charge >= 0.3 is 12.3 Å². The minimum absolute atomic E-state index is 0.0198. The number of rotatable bonds is 4. The van der Waals surface area contributed by atoms with E-state index in [9.17, 15) is 23.1 Å². The molecule has 0 bridgehead atoms. The highest BCUT2D eigenvalue weighted by molar-refractivity contribution is 5.93. The molecule has 0 aromatic carbocycles. The molecule has 3 aromatic rings. The molecule has 35 heavy (non-hydrogen) atoms. The molecule has 9 nitrogen and oxygen atoms in total. The van der Waals surface area contributed by atoms with Crippen molar-refractivity contribution < 1.29 is 27.8 Å². The summed E-state index contributed by atoms with van der Waals surface area (Å²) in [6.45, 7) is 1.96. The molecule has 2 fully saturated rings. The van der Waals surface area contributed by atoms with Crippen molar-refractivity contribution in [2.24, 2.45) is 0 Å². The number of anilines is 1. The number of pyridine rings is 1. The number of hydrogen-bond donors (Lipinski definition) is 3. The normalized spacial score (nSPS) is 19.7. The van der Waals surface area contributed by atoms with Crippen molar-refractivity contribution in [2.45, 2.75) is 43.8 Å². The summed E-state index contributed by atoms with van der Waals surface area (Å²) in [6.07, 6.45) is -0.423. The van der Waals surface area contributed by atoms with Crippen LogP contribution in [0, 0.1) is 0 Å². The molecule has 2 aliphatic rings. The van der Waals surface area contributed by atoms with Gasteiger partial charge in [0, 0.05) is 67.3 Å². The van der Waals surface area contributed by atoms with Gasteiger partial charge in [0.25, 0.3) is 0 Å². The van der Waals surface area contributed by atoms with Gasteiger partial charge in [-0.2, -0.15) is 13.2 Å². The van der Waals surface area contributed by atoms with Gasteiger partial charge in [-0.15, -0.1) is 0 Å². The predicted molar refractivity (Wildman–Crippen MR) is 121 cm³/mol. The second-order valence-corrected chi connectivity index (χ2v) is 8.89. The van der Waals surface area contributed by atoms with Crippen LogP contribution in [0.2, 0.25) is 0 Å². The van der Waals surface area contributed by atoms with E-state index in [0.717, 1.165) is 24.7 Å². The van der Waals surface area contributed by atoms with Crippen LogP contribution in [0.1, 0.15) is 42.9 Å². The number of nitrogens with zero attached hydrogens (tertiary/aromatic N) is 4. The van der Waals surface area contributed by atoms with Crippen LogP contribution < -0.4 is 5.32 Å². The standard InChI is InChI=1S/C23H25F3N6O3/c24-23(25,26)17-11-28-21(29-14-2-1-7-32(12-14)22(33)34)31-19(17)16-10-27-20-15(16)3-4-18(30-20)13-5-8-35-9-6-13/h3-4,10-11,13-14H,1-2,5-9,12H2,(H,27,30)(H,33,34)(H,28,29,31). The summed E-state index contributed by atoms with van der Waals surface area (Å²) in [5, 5.41) is 12.8. The quantitative estimate of drug-likeness (QED) is 0.494. The molecule has 0 radical (unpaired) electrons. The number of ether oxygens (including phenoxy) is 1. The molecule has 1 unspecified atom stereocenters. The van der Waals surface area contributed by atoms with Crippen LogP contribution in [-0.2, 0) is 10.9 Å². The number of carbonyl (C=O) groups is 1. The van der Waals surface area contributed by atoms with E-state index in [1.807, 2.05) is 6.07 Å². The van der Waals surface area contributed by atoms with Crippen LogP contribution >= 0.6 is 0 Å². The largest absolute Gasteiger partial charge is 0.465 e. The Morgan fingerprint density at radius 1 is 1.20 bits per heavy atom. The number of carboxylic acid groups (broad SMARTS) is 1. The molecule has 12 heteroatoms. The summed E-state index contributed by atoms with van der Waals surface area (Å²) in [6, 6.07) is 3.34. The lowest BCUT2D eigenvalue weighted by molar-refractivity contribution is -0.137. The zero-order chi connectivity index (χ0) is 24.6. The van der Waals surface area contributed by atoms with Gasteiger partial charge in [-0.1, -0.05) is 0 Å². The van der Waals surface area contributed by atoms with Crippen molar-refractivity contribution in [1.82, 2.24) is 24.8 Å². The number of halogens is 3. The van der Waals surface area contributed by atoms with E-state index in [-0.39, 0.29) is 35.7 Å². The number of nitrogens with one attached hydrogen (secondary N) is 2. The average Bonchev–Trinajstić information content (AvgIpc) is 3.27. The minimum atomic E-state index is -4.65. The van der Waals surface area contributed by atoms with Crippen molar-refractivity contribution in [2.75, 3.05) is 31.6 Å². The Labute approximate surface area is 198 Å². The summed E-state index contributed by atoms with van der Waals surface area (Å²) < 4.78 is 47.0. The Morgan fingerprint density at radius 3 is 2.74 bits per heavy atom. The van der Waals surface area contributed by atoms with Gasteiger partial charge in [-0.05, 0) is 37.8 Å². The van der Waals surface area contributed by atoms with Crippen LogP contribution in [-0.4, -0.2) is 68.4 Å². The molecule has 1 atom stereocenters. The first kappa shape index (κ1) is 23.3. The van der Waals surface area contributed by atoms with E-state index < -0.39 is 17.8 Å². The molecule has 5 heterocycles. The van der Waals surface area contributed by atoms with E-state index in [1.165, 1.54) is 11.1 Å². The highest BCUT2D eigenvalue weighted by atomic mass is 19.4. The van der Waals surface area contributed by atoms with Crippen LogP contribution in [0.4, 0.5) is 23.9 Å². The first-order valence-electron chi connectivity index (χ1n) is 11.5. The second-order valence-electron chi connectivity index (χ2n) is 8.89. The Kier molecular flexibility index (Phi) is 6.22. The Hall–Kier alpha value is -3.41. The first-order chi connectivity index (χ1) is 16.8. The summed E-state index contributed by atoms with van der Waals surface area (Å²) in [7, 11) is 0. The predicted octanol–water partition coefficient (Wildman–Crippen LogP) is 4.49. The van der Waals surface area contributed by atoms with Gasteiger partial charge in [-0.3, -0.25) is 0 Å². The molecule has 0 spiro atoms. The molecule has 2 saturated heterocycles. The Morgan fingerprint density at radius 2 is 2.00 bits per heavy atom. The van der Waals surface area contributed by atoms with Gasteiger partial charge in [-0.25, -0.2) is 19.7 Å². The van der Waals surface area contributed by atoms with Crippen LogP contribution in [0.15, 0.2) is 24.5 Å². The number of aromatic amines is 1. The number of H-pyrrole nitrogens is 1. The van der Waals surface area contributed by atoms with Crippen LogP contribution in [0.5, 0.6) is 0 Å². The summed E-state index contributed by atoms with van der Waals surface area (Å²) in [5.41, 5.74) is 0.450. The lowest BCUT2D eigenvalue weighted by atomic mass is 9.95. The molecular formula is C23H25F3N6O3. The molecule has 3 aromatic heterocycles. The average molecular weight is 490 g/mol. The topological polar surface area (TPSA) is 116 Å². The third kappa shape index (κ3) is 4.88. The Balaban J connectivity index is 1.48. The van der Waals surface area contributed by atoms with E-state index in [4.69, 9.17) is 4.74 Å². The maximum absolute atomic E-state index is 13.9. The van der Waals surface area contributed by atoms with Crippen molar-refractivity contribution in [3.8, 4) is 11.3 Å². The molecule has 186 valence electrons. The molecule has 2 aliphatic heterocycles. The van der Waals surface area contributed by atoms with Gasteiger partial charge in [0.1, 0.15) is 11.2 Å². The molecule has 1 amide bonds. The minimum Gasteiger partial charge on any atom is -0.465 e. The first-order valence-corrected chi connectivity index (χ1v) is 11.5. The van der Waals surface area contributed by atoms with Gasteiger partial charge < -0.3 is 25.0 Å². The number of likely N-dealkylation sites (tertiary alicyclic amines) is 1. The lowest BCUT2D eigenvalue weighted by Crippen LogP contribution is -2.44. The third-order valence-electron chi connectivity index (χ3n) is 6.57. The smallest absolute Gasteiger partial charge is 0.419 e. The number of hydrogen-bond acceptors (Lipinski definition) is 6. The Bertz CT molecular complexity index is 1220. The third-order valence-corrected chi connectivity index (χ3v) is 6.57. The summed E-state index contributed by atoms with van der Waals surface area (Å²) in [4.78, 5) is 28.4. The number of fused-ring (bicyclic) bond motifs is 1. The second kappa shape index (κ2) is 9.33. The fourth-order valence-corrected chi connectivity index (χ4v) is 4.75. The number of piperidine rings is 1. The van der Waals surface area contributed by atoms with Crippen LogP contribution in [0.25, 0.3) is 22.3 Å². The molecule has 0 aliphatic carbocycles. The van der Waals surface area contributed by atoms with Gasteiger partial charge in [0.15, 0.2) is 0 Å². The van der Waals surface area contributed by atoms with Crippen molar-refractivity contribution in [1.29, 1.82) is 0 Å². The van der Waals surface area contributed by atoms with E-state index in [2.05, 4.69) is 25.3 Å². The van der Waals surface area contributed by atoms with E-state index >= 15 is 0 Å². The summed E-state index contributed by atoms with van der Waals surface area (Å²) in [5.74, 6) is 0.271. The van der Waals surface area contributed by atoms with Gasteiger partial charge in [0.05, 0.1) is 5.69 Å². The maximum atomic E-state index is 13.9. The maximum Gasteiger partial charge on any atom is 0.419 e. The number of alkyl halides is 3.